The van der Waals surface area contributed by atoms with E-state index in [4.69, 9.17) is 23.2 Å². The van der Waals surface area contributed by atoms with Crippen molar-refractivity contribution in [1.29, 1.82) is 0 Å². The van der Waals surface area contributed by atoms with E-state index in [1.807, 2.05) is 18.7 Å². The molecule has 1 aromatic rings. The number of anilines is 1. The number of nitrogens with zero attached hydrogens (tertiary/aromatic N) is 2. The topological polar surface area (TPSA) is 52.7 Å². The second-order valence-electron chi connectivity index (χ2n) is 5.73. The summed E-state index contributed by atoms with van der Waals surface area (Å²) in [6, 6.07) is 4.90. The van der Waals surface area contributed by atoms with E-state index in [0.717, 1.165) is 25.9 Å². The van der Waals surface area contributed by atoms with Gasteiger partial charge in [0.05, 0.1) is 23.1 Å². The average Bonchev–Trinajstić information content (AvgIpc) is 2.50. The number of halogens is 2. The first-order valence-electron chi connectivity index (χ1n) is 8.08. The number of benzene rings is 1. The van der Waals surface area contributed by atoms with Crippen molar-refractivity contribution in [2.75, 3.05) is 38.5 Å². The van der Waals surface area contributed by atoms with Crippen molar-refractivity contribution in [3.8, 4) is 0 Å². The van der Waals surface area contributed by atoms with Gasteiger partial charge in [-0.05, 0) is 38.1 Å². The van der Waals surface area contributed by atoms with E-state index < -0.39 is 0 Å². The van der Waals surface area contributed by atoms with Gasteiger partial charge in [-0.25, -0.2) is 0 Å². The molecule has 0 aliphatic rings. The van der Waals surface area contributed by atoms with Crippen LogP contribution in [-0.4, -0.2) is 54.8 Å². The summed E-state index contributed by atoms with van der Waals surface area (Å²) in [5, 5.41) is 3.56. The molecule has 1 rings (SSSR count). The number of carbonyl (C=O) groups is 2. The zero-order valence-electron chi connectivity index (χ0n) is 14.4. The van der Waals surface area contributed by atoms with Crippen LogP contribution in [0.5, 0.6) is 0 Å². The molecule has 24 heavy (non-hydrogen) atoms. The lowest BCUT2D eigenvalue weighted by atomic mass is 10.3. The Balaban J connectivity index is 2.50. The number of likely N-dealkylation sites (N-methyl/N-ethyl adjacent to an activating group) is 1. The second-order valence-corrected chi connectivity index (χ2v) is 6.54. The van der Waals surface area contributed by atoms with E-state index in [1.165, 1.54) is 0 Å². The molecule has 0 bridgehead atoms. The standard InChI is InChI=1S/C17H25Cl2N3O2/c1-4-8-22(9-5-2)17(24)12-21(3)11-16(23)20-13-6-7-14(18)15(19)10-13/h6-7,10H,4-5,8-9,11-12H2,1-3H3,(H,20,23). The van der Waals surface area contributed by atoms with Crippen LogP contribution < -0.4 is 5.32 Å². The highest BCUT2D eigenvalue weighted by atomic mass is 35.5. The van der Waals surface area contributed by atoms with Crippen LogP contribution >= 0.6 is 23.2 Å². The molecule has 0 fully saturated rings. The Bertz CT molecular complexity index is 561. The average molecular weight is 374 g/mol. The molecule has 0 saturated heterocycles. The third-order valence-electron chi connectivity index (χ3n) is 3.36. The van der Waals surface area contributed by atoms with E-state index in [-0.39, 0.29) is 24.9 Å². The largest absolute Gasteiger partial charge is 0.342 e. The summed E-state index contributed by atoms with van der Waals surface area (Å²) in [4.78, 5) is 27.9. The van der Waals surface area contributed by atoms with E-state index in [2.05, 4.69) is 5.32 Å². The molecular formula is C17H25Cl2N3O2. The summed E-state index contributed by atoms with van der Waals surface area (Å²) in [7, 11) is 1.75. The molecule has 0 heterocycles. The molecule has 5 nitrogen and oxygen atoms in total. The molecule has 0 aromatic heterocycles. The van der Waals surface area contributed by atoms with Gasteiger partial charge in [0.15, 0.2) is 0 Å². The van der Waals surface area contributed by atoms with E-state index in [1.54, 1.807) is 30.1 Å². The maximum absolute atomic E-state index is 12.3. The van der Waals surface area contributed by atoms with Crippen LogP contribution in [0.3, 0.4) is 0 Å². The number of carbonyl (C=O) groups excluding carboxylic acids is 2. The molecule has 0 unspecified atom stereocenters. The molecule has 1 aromatic carbocycles. The van der Waals surface area contributed by atoms with Crippen molar-refractivity contribution < 1.29 is 9.59 Å². The zero-order chi connectivity index (χ0) is 18.1. The maximum atomic E-state index is 12.3. The highest BCUT2D eigenvalue weighted by Gasteiger charge is 2.16. The Labute approximate surface area is 153 Å². The molecule has 0 aliphatic carbocycles. The van der Waals surface area contributed by atoms with Gasteiger partial charge in [0.1, 0.15) is 0 Å². The Morgan fingerprint density at radius 3 is 2.21 bits per heavy atom. The van der Waals surface area contributed by atoms with Gasteiger partial charge in [-0.2, -0.15) is 0 Å². The van der Waals surface area contributed by atoms with E-state index in [0.29, 0.717) is 15.7 Å². The molecule has 0 saturated carbocycles. The molecule has 0 atom stereocenters. The van der Waals surface area contributed by atoms with Gasteiger partial charge < -0.3 is 10.2 Å². The van der Waals surface area contributed by atoms with Gasteiger partial charge in [0, 0.05) is 18.8 Å². The monoisotopic (exact) mass is 373 g/mol. The Kier molecular flexibility index (Phi) is 9.11. The summed E-state index contributed by atoms with van der Waals surface area (Å²) in [6.07, 6.45) is 1.85. The summed E-state index contributed by atoms with van der Waals surface area (Å²) >= 11 is 11.8. The van der Waals surface area contributed by atoms with E-state index in [9.17, 15) is 9.59 Å². The summed E-state index contributed by atoms with van der Waals surface area (Å²) in [5.74, 6) is -0.162. The highest BCUT2D eigenvalue weighted by Crippen LogP contribution is 2.24. The van der Waals surface area contributed by atoms with Gasteiger partial charge in [-0.3, -0.25) is 14.5 Å². The quantitative estimate of drug-likeness (QED) is 0.720. The van der Waals surface area contributed by atoms with Crippen molar-refractivity contribution in [1.82, 2.24) is 9.80 Å². The summed E-state index contributed by atoms with van der Waals surface area (Å²) < 4.78 is 0. The minimum atomic E-state index is -0.207. The van der Waals surface area contributed by atoms with Crippen LogP contribution in [-0.2, 0) is 9.59 Å². The third kappa shape index (κ3) is 7.07. The van der Waals surface area contributed by atoms with Gasteiger partial charge in [0.25, 0.3) is 0 Å². The minimum absolute atomic E-state index is 0.0449. The number of amides is 2. The van der Waals surface area contributed by atoms with Crippen LogP contribution in [0.15, 0.2) is 18.2 Å². The van der Waals surface area contributed by atoms with Crippen molar-refractivity contribution in [3.63, 3.8) is 0 Å². The van der Waals surface area contributed by atoms with Gasteiger partial charge in [0.2, 0.25) is 11.8 Å². The molecule has 1 N–H and O–H groups in total. The van der Waals surface area contributed by atoms with Crippen LogP contribution in [0.1, 0.15) is 26.7 Å². The van der Waals surface area contributed by atoms with Crippen LogP contribution in [0.4, 0.5) is 5.69 Å². The van der Waals surface area contributed by atoms with Gasteiger partial charge >= 0.3 is 0 Å². The fourth-order valence-corrected chi connectivity index (χ4v) is 2.61. The van der Waals surface area contributed by atoms with Crippen LogP contribution in [0.2, 0.25) is 10.0 Å². The molecule has 134 valence electrons. The molecular weight excluding hydrogens is 349 g/mol. The van der Waals surface area contributed by atoms with Crippen LogP contribution in [0.25, 0.3) is 0 Å². The van der Waals surface area contributed by atoms with Gasteiger partial charge in [-0.1, -0.05) is 37.0 Å². The predicted molar refractivity (Wildman–Crippen MR) is 99.8 cm³/mol. The normalized spacial score (nSPS) is 10.8. The first-order chi connectivity index (χ1) is 11.4. The van der Waals surface area contributed by atoms with Crippen molar-refractivity contribution >= 4 is 40.7 Å². The highest BCUT2D eigenvalue weighted by molar-refractivity contribution is 6.42. The van der Waals surface area contributed by atoms with E-state index >= 15 is 0 Å². The smallest absolute Gasteiger partial charge is 0.238 e. The molecule has 2 amide bonds. The fourth-order valence-electron chi connectivity index (χ4n) is 2.31. The molecule has 0 radical (unpaired) electrons. The maximum Gasteiger partial charge on any atom is 0.238 e. The third-order valence-corrected chi connectivity index (χ3v) is 4.10. The lowest BCUT2D eigenvalue weighted by Gasteiger charge is -2.24. The van der Waals surface area contributed by atoms with Gasteiger partial charge in [-0.15, -0.1) is 0 Å². The number of rotatable bonds is 9. The molecule has 7 heteroatoms. The first kappa shape index (κ1) is 20.7. The molecule has 0 aliphatic heterocycles. The van der Waals surface area contributed by atoms with Crippen molar-refractivity contribution in [3.05, 3.63) is 28.2 Å². The predicted octanol–water partition coefficient (Wildman–Crippen LogP) is 3.51. The number of nitrogens with one attached hydrogen (secondary N) is 1. The Morgan fingerprint density at radius 2 is 1.67 bits per heavy atom. The minimum Gasteiger partial charge on any atom is -0.342 e. The first-order valence-corrected chi connectivity index (χ1v) is 8.84. The number of hydrogen-bond acceptors (Lipinski definition) is 3. The summed E-state index contributed by atoms with van der Waals surface area (Å²) in [5.41, 5.74) is 0.577. The Hall–Kier alpha value is -1.30. The Morgan fingerprint density at radius 1 is 1.04 bits per heavy atom. The lowest BCUT2D eigenvalue weighted by molar-refractivity contribution is -0.132. The zero-order valence-corrected chi connectivity index (χ0v) is 16.0. The number of hydrogen-bond donors (Lipinski definition) is 1. The lowest BCUT2D eigenvalue weighted by Crippen LogP contribution is -2.42. The fraction of sp³-hybridized carbons (Fsp3) is 0.529. The summed E-state index contributed by atoms with van der Waals surface area (Å²) in [6.45, 7) is 5.92. The molecule has 0 spiro atoms. The van der Waals surface area contributed by atoms with Crippen LogP contribution in [0, 0.1) is 0 Å². The SMILES string of the molecule is CCCN(CCC)C(=O)CN(C)CC(=O)Nc1ccc(Cl)c(Cl)c1. The van der Waals surface area contributed by atoms with Crippen molar-refractivity contribution in [2.24, 2.45) is 0 Å². The van der Waals surface area contributed by atoms with Crippen molar-refractivity contribution in [2.45, 2.75) is 26.7 Å². The second kappa shape index (κ2) is 10.5.